The van der Waals surface area contributed by atoms with Gasteiger partial charge in [0.15, 0.2) is 6.10 Å². The third-order valence-electron chi connectivity index (χ3n) is 3.93. The molecule has 7 heteroatoms. The first kappa shape index (κ1) is 18.4. The summed E-state index contributed by atoms with van der Waals surface area (Å²) in [6.07, 6.45) is -0.642. The van der Waals surface area contributed by atoms with Gasteiger partial charge in [-0.3, -0.25) is 4.79 Å². The molecule has 1 heterocycles. The molecule has 7 nitrogen and oxygen atoms in total. The molecule has 0 aliphatic carbocycles. The fourth-order valence-corrected chi connectivity index (χ4v) is 2.36. The Morgan fingerprint density at radius 1 is 1.11 bits per heavy atom. The number of ether oxygens (including phenoxy) is 2. The van der Waals surface area contributed by atoms with Crippen molar-refractivity contribution in [2.24, 2.45) is 0 Å². The predicted octanol–water partition coefficient (Wildman–Crippen LogP) is 3.14. The summed E-state index contributed by atoms with van der Waals surface area (Å²) in [4.78, 5) is 16.5. The lowest BCUT2D eigenvalue weighted by Gasteiger charge is -2.14. The number of nitrogens with one attached hydrogen (secondary N) is 1. The van der Waals surface area contributed by atoms with Crippen molar-refractivity contribution in [3.63, 3.8) is 0 Å². The molecular formula is C20H21N3O4. The van der Waals surface area contributed by atoms with Gasteiger partial charge in [-0.25, -0.2) is 0 Å². The van der Waals surface area contributed by atoms with Crippen LogP contribution in [0.25, 0.3) is 11.4 Å². The average molecular weight is 367 g/mol. The molecule has 3 rings (SSSR count). The molecule has 1 amide bonds. The number of nitrogens with zero attached hydrogens (tertiary/aromatic N) is 2. The molecule has 3 aromatic rings. The van der Waals surface area contributed by atoms with Crippen LogP contribution in [-0.2, 0) is 11.3 Å². The van der Waals surface area contributed by atoms with Crippen LogP contribution in [0.15, 0.2) is 53.1 Å². The largest absolute Gasteiger partial charge is 0.497 e. The standard InChI is InChI=1S/C20H21N3O4/c1-13-4-8-17(9-5-13)26-14(2)20(24)21-12-18-22-19(23-27-18)15-6-10-16(25-3)11-7-15/h4-11,14H,12H2,1-3H3,(H,21,24). The first-order valence-electron chi connectivity index (χ1n) is 8.53. The second-order valence-electron chi connectivity index (χ2n) is 6.03. The lowest BCUT2D eigenvalue weighted by Crippen LogP contribution is -2.35. The van der Waals surface area contributed by atoms with E-state index in [0.717, 1.165) is 16.9 Å². The fourth-order valence-electron chi connectivity index (χ4n) is 2.36. The van der Waals surface area contributed by atoms with E-state index in [9.17, 15) is 4.79 Å². The van der Waals surface area contributed by atoms with E-state index in [1.807, 2.05) is 55.5 Å². The normalized spacial score (nSPS) is 11.7. The summed E-state index contributed by atoms with van der Waals surface area (Å²) in [6, 6.07) is 14.8. The number of hydrogen-bond acceptors (Lipinski definition) is 6. The molecule has 0 bridgehead atoms. The molecule has 1 unspecified atom stereocenters. The van der Waals surface area contributed by atoms with Crippen molar-refractivity contribution in [3.05, 3.63) is 60.0 Å². The first-order valence-corrected chi connectivity index (χ1v) is 8.53. The number of aromatic nitrogens is 2. The maximum atomic E-state index is 12.2. The number of benzene rings is 2. The van der Waals surface area contributed by atoms with Crippen molar-refractivity contribution < 1.29 is 18.8 Å². The van der Waals surface area contributed by atoms with Gasteiger partial charge in [0.1, 0.15) is 11.5 Å². The van der Waals surface area contributed by atoms with Crippen LogP contribution in [0.5, 0.6) is 11.5 Å². The molecule has 2 aromatic carbocycles. The zero-order valence-electron chi connectivity index (χ0n) is 15.4. The molecule has 0 spiro atoms. The SMILES string of the molecule is COc1ccc(-c2noc(CNC(=O)C(C)Oc3ccc(C)cc3)n2)cc1. The summed E-state index contributed by atoms with van der Waals surface area (Å²) in [6.45, 7) is 3.81. The Morgan fingerprint density at radius 2 is 1.78 bits per heavy atom. The smallest absolute Gasteiger partial charge is 0.261 e. The van der Waals surface area contributed by atoms with Gasteiger partial charge in [-0.15, -0.1) is 0 Å². The van der Waals surface area contributed by atoms with E-state index in [4.69, 9.17) is 14.0 Å². The third-order valence-corrected chi connectivity index (χ3v) is 3.93. The zero-order valence-corrected chi connectivity index (χ0v) is 15.4. The Kier molecular flexibility index (Phi) is 5.71. The predicted molar refractivity (Wildman–Crippen MR) is 99.4 cm³/mol. The van der Waals surface area contributed by atoms with Gasteiger partial charge < -0.3 is 19.3 Å². The quantitative estimate of drug-likeness (QED) is 0.690. The molecule has 0 aliphatic heterocycles. The van der Waals surface area contributed by atoms with Crippen molar-refractivity contribution in [1.82, 2.24) is 15.5 Å². The monoisotopic (exact) mass is 367 g/mol. The molecule has 0 fully saturated rings. The minimum atomic E-state index is -0.642. The van der Waals surface area contributed by atoms with Gasteiger partial charge in [0.05, 0.1) is 13.7 Å². The van der Waals surface area contributed by atoms with Gasteiger partial charge in [-0.2, -0.15) is 4.98 Å². The summed E-state index contributed by atoms with van der Waals surface area (Å²) < 4.78 is 15.9. The fraction of sp³-hybridized carbons (Fsp3) is 0.250. The summed E-state index contributed by atoms with van der Waals surface area (Å²) in [5, 5.41) is 6.66. The molecule has 0 radical (unpaired) electrons. The Labute approximate surface area is 157 Å². The van der Waals surface area contributed by atoms with Crippen molar-refractivity contribution >= 4 is 5.91 Å². The van der Waals surface area contributed by atoms with Crippen LogP contribution in [0.2, 0.25) is 0 Å². The van der Waals surface area contributed by atoms with E-state index in [1.165, 1.54) is 0 Å². The van der Waals surface area contributed by atoms with E-state index in [-0.39, 0.29) is 12.5 Å². The van der Waals surface area contributed by atoms with Gasteiger partial charge in [-0.1, -0.05) is 22.9 Å². The summed E-state index contributed by atoms with van der Waals surface area (Å²) in [5.41, 5.74) is 1.93. The van der Waals surface area contributed by atoms with E-state index in [0.29, 0.717) is 17.5 Å². The molecule has 0 aliphatic rings. The first-order chi connectivity index (χ1) is 13.0. The molecule has 140 valence electrons. The van der Waals surface area contributed by atoms with Crippen LogP contribution in [-0.4, -0.2) is 29.3 Å². The van der Waals surface area contributed by atoms with E-state index >= 15 is 0 Å². The highest BCUT2D eigenvalue weighted by molar-refractivity contribution is 5.80. The number of rotatable bonds is 7. The van der Waals surface area contributed by atoms with Crippen LogP contribution in [0.3, 0.4) is 0 Å². The average Bonchev–Trinajstić information content (AvgIpc) is 3.17. The minimum Gasteiger partial charge on any atom is -0.497 e. The van der Waals surface area contributed by atoms with Crippen molar-refractivity contribution in [2.75, 3.05) is 7.11 Å². The van der Waals surface area contributed by atoms with Crippen LogP contribution in [0, 0.1) is 6.92 Å². The zero-order chi connectivity index (χ0) is 19.2. The maximum Gasteiger partial charge on any atom is 0.261 e. The lowest BCUT2D eigenvalue weighted by atomic mass is 10.2. The summed E-state index contributed by atoms with van der Waals surface area (Å²) >= 11 is 0. The second kappa shape index (κ2) is 8.35. The van der Waals surface area contributed by atoms with Gasteiger partial charge in [0.25, 0.3) is 5.91 Å². The molecule has 1 aromatic heterocycles. The van der Waals surface area contributed by atoms with Crippen LogP contribution < -0.4 is 14.8 Å². The Balaban J connectivity index is 1.54. The highest BCUT2D eigenvalue weighted by Crippen LogP contribution is 2.19. The van der Waals surface area contributed by atoms with Crippen molar-refractivity contribution in [1.29, 1.82) is 0 Å². The number of hydrogen-bond donors (Lipinski definition) is 1. The molecular weight excluding hydrogens is 346 g/mol. The van der Waals surface area contributed by atoms with E-state index < -0.39 is 6.10 Å². The van der Waals surface area contributed by atoms with Crippen LogP contribution in [0.4, 0.5) is 0 Å². The van der Waals surface area contributed by atoms with Crippen LogP contribution >= 0.6 is 0 Å². The Morgan fingerprint density at radius 3 is 2.44 bits per heavy atom. The Hall–Kier alpha value is -3.35. The van der Waals surface area contributed by atoms with E-state index in [1.54, 1.807) is 14.0 Å². The number of amides is 1. The molecule has 1 N–H and O–H groups in total. The van der Waals surface area contributed by atoms with Crippen LogP contribution in [0.1, 0.15) is 18.4 Å². The molecule has 0 saturated heterocycles. The second-order valence-corrected chi connectivity index (χ2v) is 6.03. The molecule has 1 atom stereocenters. The van der Waals surface area contributed by atoms with Crippen molar-refractivity contribution in [3.8, 4) is 22.9 Å². The van der Waals surface area contributed by atoms with Gasteiger partial charge in [0, 0.05) is 5.56 Å². The number of methoxy groups -OCH3 is 1. The minimum absolute atomic E-state index is 0.129. The highest BCUT2D eigenvalue weighted by atomic mass is 16.5. The molecule has 0 saturated carbocycles. The van der Waals surface area contributed by atoms with Gasteiger partial charge in [0.2, 0.25) is 11.7 Å². The van der Waals surface area contributed by atoms with E-state index in [2.05, 4.69) is 15.5 Å². The number of carbonyl (C=O) groups is 1. The topological polar surface area (TPSA) is 86.5 Å². The number of carbonyl (C=O) groups excluding carboxylic acids is 1. The Bertz CT molecular complexity index is 888. The number of aryl methyl sites for hydroxylation is 1. The lowest BCUT2D eigenvalue weighted by molar-refractivity contribution is -0.127. The maximum absolute atomic E-state index is 12.2. The third kappa shape index (κ3) is 4.84. The summed E-state index contributed by atoms with van der Waals surface area (Å²) in [7, 11) is 1.60. The summed E-state index contributed by atoms with van der Waals surface area (Å²) in [5.74, 6) is 1.89. The van der Waals surface area contributed by atoms with Gasteiger partial charge in [-0.05, 0) is 50.2 Å². The molecule has 27 heavy (non-hydrogen) atoms. The van der Waals surface area contributed by atoms with Crippen molar-refractivity contribution in [2.45, 2.75) is 26.5 Å². The van der Waals surface area contributed by atoms with Gasteiger partial charge >= 0.3 is 0 Å². The highest BCUT2D eigenvalue weighted by Gasteiger charge is 2.16.